The average molecular weight is 361 g/mol. The molecule has 0 bridgehead atoms. The minimum atomic E-state index is -1.23. The third-order valence-corrected chi connectivity index (χ3v) is 3.56. The van der Waals surface area contributed by atoms with Crippen molar-refractivity contribution >= 4 is 28.9 Å². The van der Waals surface area contributed by atoms with E-state index in [0.717, 1.165) is 18.2 Å². The standard InChI is InChI=1S/C17H16FN3O5/c1-9-3-4-11(7-14(9)18)20-16(22)10(2)26-17(23)13-8-12(21(24)25)5-6-15(13)19/h3-8,10H,19H2,1-2H3,(H,20,22). The van der Waals surface area contributed by atoms with E-state index >= 15 is 0 Å². The molecule has 0 spiro atoms. The SMILES string of the molecule is Cc1ccc(NC(=O)C(C)OC(=O)c2cc([N+](=O)[O-])ccc2N)cc1F. The third kappa shape index (κ3) is 4.32. The van der Waals surface area contributed by atoms with Crippen molar-refractivity contribution in [2.45, 2.75) is 20.0 Å². The first kappa shape index (κ1) is 18.8. The van der Waals surface area contributed by atoms with Crippen LogP contribution in [-0.4, -0.2) is 22.9 Å². The highest BCUT2D eigenvalue weighted by atomic mass is 19.1. The van der Waals surface area contributed by atoms with Crippen LogP contribution in [0.5, 0.6) is 0 Å². The molecule has 2 aromatic rings. The predicted molar refractivity (Wildman–Crippen MR) is 92.2 cm³/mol. The second-order valence-corrected chi connectivity index (χ2v) is 5.53. The summed E-state index contributed by atoms with van der Waals surface area (Å²) in [6, 6.07) is 7.45. The molecular weight excluding hydrogens is 345 g/mol. The molecule has 136 valence electrons. The number of carbonyl (C=O) groups excluding carboxylic acids is 2. The number of non-ortho nitro benzene ring substituents is 1. The fourth-order valence-corrected chi connectivity index (χ4v) is 2.03. The van der Waals surface area contributed by atoms with Crippen LogP contribution in [0, 0.1) is 22.9 Å². The summed E-state index contributed by atoms with van der Waals surface area (Å²) in [5.41, 5.74) is 5.68. The Labute approximate surface area is 147 Å². The first-order valence-electron chi connectivity index (χ1n) is 7.51. The van der Waals surface area contributed by atoms with Crippen LogP contribution in [-0.2, 0) is 9.53 Å². The first-order chi connectivity index (χ1) is 12.2. The highest BCUT2D eigenvalue weighted by Crippen LogP contribution is 2.21. The fourth-order valence-electron chi connectivity index (χ4n) is 2.03. The monoisotopic (exact) mass is 361 g/mol. The van der Waals surface area contributed by atoms with Gasteiger partial charge in [0.2, 0.25) is 0 Å². The highest BCUT2D eigenvalue weighted by Gasteiger charge is 2.22. The molecule has 0 heterocycles. The maximum atomic E-state index is 13.5. The molecule has 9 heteroatoms. The van der Waals surface area contributed by atoms with Crippen molar-refractivity contribution in [2.24, 2.45) is 0 Å². The van der Waals surface area contributed by atoms with Gasteiger partial charge in [-0.2, -0.15) is 0 Å². The molecule has 2 rings (SSSR count). The Bertz CT molecular complexity index is 885. The number of nitro groups is 1. The summed E-state index contributed by atoms with van der Waals surface area (Å²) in [6.45, 7) is 2.89. The molecular formula is C17H16FN3O5. The van der Waals surface area contributed by atoms with Crippen molar-refractivity contribution in [3.05, 3.63) is 63.5 Å². The van der Waals surface area contributed by atoms with E-state index in [0.29, 0.717) is 5.56 Å². The van der Waals surface area contributed by atoms with Crippen LogP contribution < -0.4 is 11.1 Å². The Balaban J connectivity index is 2.08. The quantitative estimate of drug-likeness (QED) is 0.365. The summed E-state index contributed by atoms with van der Waals surface area (Å²) in [7, 11) is 0. The smallest absolute Gasteiger partial charge is 0.341 e. The van der Waals surface area contributed by atoms with E-state index < -0.39 is 28.7 Å². The van der Waals surface area contributed by atoms with Gasteiger partial charge in [-0.1, -0.05) is 6.07 Å². The largest absolute Gasteiger partial charge is 0.449 e. The van der Waals surface area contributed by atoms with Crippen LogP contribution in [0.3, 0.4) is 0 Å². The lowest BCUT2D eigenvalue weighted by Crippen LogP contribution is -2.30. The van der Waals surface area contributed by atoms with Crippen LogP contribution in [0.2, 0.25) is 0 Å². The fraction of sp³-hybridized carbons (Fsp3) is 0.176. The van der Waals surface area contributed by atoms with Crippen LogP contribution in [0.25, 0.3) is 0 Å². The number of nitrogens with one attached hydrogen (secondary N) is 1. The molecule has 0 saturated heterocycles. The first-order valence-corrected chi connectivity index (χ1v) is 7.51. The van der Waals surface area contributed by atoms with Crippen molar-refractivity contribution in [3.8, 4) is 0 Å². The minimum Gasteiger partial charge on any atom is -0.449 e. The second kappa shape index (κ2) is 7.60. The normalized spacial score (nSPS) is 11.5. The van der Waals surface area contributed by atoms with Crippen molar-refractivity contribution in [3.63, 3.8) is 0 Å². The van der Waals surface area contributed by atoms with Crippen LogP contribution in [0.4, 0.5) is 21.5 Å². The van der Waals surface area contributed by atoms with Gasteiger partial charge in [-0.05, 0) is 37.6 Å². The number of anilines is 2. The second-order valence-electron chi connectivity index (χ2n) is 5.53. The van der Waals surface area contributed by atoms with Gasteiger partial charge in [-0.15, -0.1) is 0 Å². The molecule has 0 aliphatic heterocycles. The van der Waals surface area contributed by atoms with Gasteiger partial charge in [-0.3, -0.25) is 14.9 Å². The van der Waals surface area contributed by atoms with Gasteiger partial charge < -0.3 is 15.8 Å². The summed E-state index contributed by atoms with van der Waals surface area (Å²) < 4.78 is 18.5. The van der Waals surface area contributed by atoms with Gasteiger partial charge in [-0.25, -0.2) is 9.18 Å². The van der Waals surface area contributed by atoms with E-state index in [-0.39, 0.29) is 22.6 Å². The number of carbonyl (C=O) groups is 2. The summed E-state index contributed by atoms with van der Waals surface area (Å²) in [5.74, 6) is -2.16. The number of aryl methyl sites for hydroxylation is 1. The van der Waals surface area contributed by atoms with E-state index in [4.69, 9.17) is 10.5 Å². The lowest BCUT2D eigenvalue weighted by molar-refractivity contribution is -0.384. The zero-order chi connectivity index (χ0) is 19.4. The minimum absolute atomic E-state index is 0.0196. The Morgan fingerprint density at radius 3 is 2.58 bits per heavy atom. The zero-order valence-corrected chi connectivity index (χ0v) is 14.0. The van der Waals surface area contributed by atoms with Crippen molar-refractivity contribution in [2.75, 3.05) is 11.1 Å². The summed E-state index contributed by atoms with van der Waals surface area (Å²) in [4.78, 5) is 34.3. The Kier molecular flexibility index (Phi) is 5.51. The van der Waals surface area contributed by atoms with Crippen molar-refractivity contribution < 1.29 is 23.6 Å². The van der Waals surface area contributed by atoms with E-state index in [1.807, 2.05) is 0 Å². The van der Waals surface area contributed by atoms with Gasteiger partial charge in [0.25, 0.3) is 11.6 Å². The molecule has 3 N–H and O–H groups in total. The number of nitro benzene ring substituents is 1. The van der Waals surface area contributed by atoms with Gasteiger partial charge in [0.05, 0.1) is 10.5 Å². The molecule has 1 atom stereocenters. The maximum absolute atomic E-state index is 13.5. The lowest BCUT2D eigenvalue weighted by atomic mass is 10.1. The molecule has 0 aliphatic carbocycles. The average Bonchev–Trinajstić information content (AvgIpc) is 2.58. The number of hydrogen-bond donors (Lipinski definition) is 2. The molecule has 0 fully saturated rings. The lowest BCUT2D eigenvalue weighted by Gasteiger charge is -2.14. The summed E-state index contributed by atoms with van der Waals surface area (Å²) in [6.07, 6.45) is -1.23. The number of benzene rings is 2. The molecule has 1 unspecified atom stereocenters. The van der Waals surface area contributed by atoms with Gasteiger partial charge >= 0.3 is 5.97 Å². The number of hydrogen-bond acceptors (Lipinski definition) is 6. The number of nitrogen functional groups attached to an aromatic ring is 1. The number of nitrogens with zero attached hydrogens (tertiary/aromatic N) is 1. The molecule has 1 amide bonds. The van der Waals surface area contributed by atoms with E-state index in [1.54, 1.807) is 6.92 Å². The van der Waals surface area contributed by atoms with Gasteiger partial charge in [0.1, 0.15) is 5.82 Å². The number of ether oxygens (including phenoxy) is 1. The van der Waals surface area contributed by atoms with Crippen LogP contribution in [0.15, 0.2) is 36.4 Å². The molecule has 0 radical (unpaired) electrons. The van der Waals surface area contributed by atoms with Crippen molar-refractivity contribution in [1.29, 1.82) is 0 Å². The number of halogens is 1. The van der Waals surface area contributed by atoms with Gasteiger partial charge in [0, 0.05) is 23.5 Å². The van der Waals surface area contributed by atoms with E-state index in [2.05, 4.69) is 5.32 Å². The summed E-state index contributed by atoms with van der Waals surface area (Å²) >= 11 is 0. The van der Waals surface area contributed by atoms with Crippen LogP contribution >= 0.6 is 0 Å². The maximum Gasteiger partial charge on any atom is 0.341 e. The Morgan fingerprint density at radius 2 is 1.96 bits per heavy atom. The zero-order valence-electron chi connectivity index (χ0n) is 14.0. The van der Waals surface area contributed by atoms with E-state index in [1.165, 1.54) is 25.1 Å². The Morgan fingerprint density at radius 1 is 1.27 bits per heavy atom. The summed E-state index contributed by atoms with van der Waals surface area (Å²) in [5, 5.41) is 13.2. The molecule has 8 nitrogen and oxygen atoms in total. The number of rotatable bonds is 5. The number of nitrogens with two attached hydrogens (primary N) is 1. The molecule has 0 aliphatic rings. The predicted octanol–water partition coefficient (Wildman–Crippen LogP) is 2.81. The number of amides is 1. The molecule has 0 aromatic heterocycles. The highest BCUT2D eigenvalue weighted by molar-refractivity contribution is 5.99. The van der Waals surface area contributed by atoms with Crippen LogP contribution in [0.1, 0.15) is 22.8 Å². The number of esters is 1. The third-order valence-electron chi connectivity index (χ3n) is 3.56. The Hall–Kier alpha value is -3.49. The van der Waals surface area contributed by atoms with Gasteiger partial charge in [0.15, 0.2) is 6.10 Å². The molecule has 26 heavy (non-hydrogen) atoms. The molecule has 2 aromatic carbocycles. The van der Waals surface area contributed by atoms with E-state index in [9.17, 15) is 24.1 Å². The van der Waals surface area contributed by atoms with Crippen molar-refractivity contribution in [1.82, 2.24) is 0 Å². The molecule has 0 saturated carbocycles. The topological polar surface area (TPSA) is 125 Å².